The van der Waals surface area contributed by atoms with Crippen molar-refractivity contribution in [1.82, 2.24) is 0 Å². The SMILES string of the molecule is O.[AlH3].[F][K]. The molecular formula is H5AlFKO. The Kier molecular flexibility index (Phi) is 81.5. The fourth-order valence-electron chi connectivity index (χ4n) is 0. The van der Waals surface area contributed by atoms with E-state index in [2.05, 4.69) is 0 Å². The summed E-state index contributed by atoms with van der Waals surface area (Å²) in [6.07, 6.45) is 0. The summed E-state index contributed by atoms with van der Waals surface area (Å²) in [5.41, 5.74) is 0. The van der Waals surface area contributed by atoms with E-state index in [0.717, 1.165) is 0 Å². The fraction of sp³-hybridized carbons (Fsp3) is 0. The number of hydrogen-bond acceptors (Lipinski definition) is 0. The van der Waals surface area contributed by atoms with E-state index < -0.39 is 49.9 Å². The van der Waals surface area contributed by atoms with E-state index in [1.807, 2.05) is 0 Å². The third-order valence-electron chi connectivity index (χ3n) is 0. The van der Waals surface area contributed by atoms with Gasteiger partial charge in [0.15, 0.2) is 17.4 Å². The van der Waals surface area contributed by atoms with Gasteiger partial charge in [-0.05, 0) is 0 Å². The van der Waals surface area contributed by atoms with Crippen LogP contribution in [0, 0.1) is 0 Å². The van der Waals surface area contributed by atoms with Crippen molar-refractivity contribution in [2.45, 2.75) is 0 Å². The summed E-state index contributed by atoms with van der Waals surface area (Å²) in [6.45, 7) is 0. The van der Waals surface area contributed by atoms with Crippen LogP contribution < -0.4 is 0 Å². The molecule has 0 heterocycles. The van der Waals surface area contributed by atoms with Gasteiger partial charge in [0, 0.05) is 0 Å². The average Bonchev–Trinajstić information content (AvgIpc) is 1.00. The van der Waals surface area contributed by atoms with Crippen LogP contribution in [0.5, 0.6) is 0 Å². The number of halogens is 1. The van der Waals surface area contributed by atoms with Crippen molar-refractivity contribution >= 4 is 67.3 Å². The molecule has 4 heavy (non-hydrogen) atoms. The van der Waals surface area contributed by atoms with Crippen LogP contribution in [0.4, 0.5) is -0.211 Å². The summed E-state index contributed by atoms with van der Waals surface area (Å²) in [7, 11) is 0. The average molecular weight is 106 g/mol. The van der Waals surface area contributed by atoms with Crippen LogP contribution in [0.25, 0.3) is 0 Å². The Morgan fingerprint density at radius 2 is 1.25 bits per heavy atom. The van der Waals surface area contributed by atoms with Crippen LogP contribution in [0.2, 0.25) is 0 Å². The molecule has 0 saturated carbocycles. The molecule has 0 aromatic rings. The molecule has 4 heteroatoms. The molecule has 0 spiro atoms. The number of rotatable bonds is 0. The van der Waals surface area contributed by atoms with Gasteiger partial charge in [-0.25, -0.2) is 0 Å². The molecule has 0 aromatic carbocycles. The van der Waals surface area contributed by atoms with Gasteiger partial charge in [-0.3, -0.25) is 0 Å². The predicted octanol–water partition coefficient (Wildman–Crippen LogP) is -1.97. The summed E-state index contributed by atoms with van der Waals surface area (Å²) >= 11 is -0.438. The van der Waals surface area contributed by atoms with Gasteiger partial charge in [0.25, 0.3) is 0 Å². The van der Waals surface area contributed by atoms with Gasteiger partial charge >= 0.3 is 49.7 Å². The van der Waals surface area contributed by atoms with Crippen LogP contribution in [-0.2, 0) is 0 Å². The van der Waals surface area contributed by atoms with Crippen LogP contribution in [0.1, 0.15) is 0 Å². The molecule has 0 aliphatic heterocycles. The first-order valence-electron chi connectivity index (χ1n) is 0.378. The van der Waals surface area contributed by atoms with E-state index in [4.69, 9.17) is 0 Å². The molecule has 0 radical (unpaired) electrons. The fourth-order valence-corrected chi connectivity index (χ4v) is 0. The van der Waals surface area contributed by atoms with Gasteiger partial charge in [0.05, 0.1) is 0 Å². The molecule has 22 valence electrons. The second-order valence-electron chi connectivity index (χ2n) is 0. The molecule has 0 unspecified atom stereocenters. The Balaban J connectivity index is -0.00000000500. The molecule has 2 N–H and O–H groups in total. The first kappa shape index (κ1) is 16.6. The molecule has 0 aliphatic carbocycles. The Hall–Kier alpha value is 2.06. The molecule has 0 rings (SSSR count). The maximum absolute atomic E-state index is 9.69. The van der Waals surface area contributed by atoms with E-state index in [1.54, 1.807) is 0 Å². The standard InChI is InChI=1S/Al.FH.K.H2O.3H/h;1H;;1H2;;;/q;;+1;;;;/p-1. The second kappa shape index (κ2) is 19.7. The molecule has 0 atom stereocenters. The third-order valence-corrected chi connectivity index (χ3v) is 0. The second-order valence-corrected chi connectivity index (χ2v) is 0. The topological polar surface area (TPSA) is 31.5 Å². The summed E-state index contributed by atoms with van der Waals surface area (Å²) in [5.74, 6) is 0. The van der Waals surface area contributed by atoms with E-state index in [1.165, 1.54) is 0 Å². The first-order chi connectivity index (χ1) is 1.00. The van der Waals surface area contributed by atoms with Crippen molar-refractivity contribution in [3.63, 3.8) is 0 Å². The molecule has 0 aromatic heterocycles. The zero-order valence-electron chi connectivity index (χ0n) is 1.88. The minimum absolute atomic E-state index is 0. The van der Waals surface area contributed by atoms with Gasteiger partial charge in [0.2, 0.25) is 0 Å². The van der Waals surface area contributed by atoms with Crippen molar-refractivity contribution in [2.24, 2.45) is 0 Å². The van der Waals surface area contributed by atoms with E-state index in [0.29, 0.717) is 0 Å². The normalized spacial score (nSPS) is 1.75. The van der Waals surface area contributed by atoms with Crippen molar-refractivity contribution < 1.29 is 5.27 Å². The molecule has 0 fully saturated rings. The molecule has 0 aliphatic rings. The van der Waals surface area contributed by atoms with Crippen LogP contribution in [-0.4, -0.2) is 72.7 Å². The maximum atomic E-state index is 9.69. The Bertz CT molecular complexity index is 8.00. The Morgan fingerprint density at radius 3 is 1.25 bits per heavy atom. The van der Waals surface area contributed by atoms with Gasteiger partial charge < -0.3 is 5.48 Å². The molecule has 0 saturated heterocycles. The van der Waals surface area contributed by atoms with Crippen LogP contribution in [0.3, 0.4) is 0 Å². The first-order valence-corrected chi connectivity index (χ1v) is 1.56. The zero-order valence-corrected chi connectivity index (χ0v) is 5.00. The summed E-state index contributed by atoms with van der Waals surface area (Å²) in [6, 6.07) is 0. The van der Waals surface area contributed by atoms with E-state index in [-0.39, 0.29) is 22.8 Å². The van der Waals surface area contributed by atoms with Crippen molar-refractivity contribution in [3.8, 4) is 0 Å². The summed E-state index contributed by atoms with van der Waals surface area (Å²) < 4.78 is 9.69. The minimum atomic E-state index is -0.438. The summed E-state index contributed by atoms with van der Waals surface area (Å²) in [4.78, 5) is 0. The van der Waals surface area contributed by atoms with Crippen LogP contribution >= 0.6 is 0 Å². The third kappa shape index (κ3) is 8.96. The van der Waals surface area contributed by atoms with Gasteiger partial charge in [-0.1, -0.05) is 0 Å². The molecule has 0 amide bonds. The van der Waals surface area contributed by atoms with Gasteiger partial charge in [0.1, 0.15) is 0 Å². The Labute approximate surface area is 71.0 Å². The Morgan fingerprint density at radius 1 is 1.25 bits per heavy atom. The molecule has 0 bridgehead atoms. The molecule has 1 nitrogen and oxygen atoms in total. The number of hydrogen-bond donors (Lipinski definition) is 0. The van der Waals surface area contributed by atoms with Crippen molar-refractivity contribution in [2.75, 3.05) is 0 Å². The predicted molar refractivity (Wildman–Crippen MR) is 20.4 cm³/mol. The van der Waals surface area contributed by atoms with Crippen molar-refractivity contribution in [3.05, 3.63) is 0 Å². The van der Waals surface area contributed by atoms with Crippen LogP contribution in [0.15, 0.2) is 0 Å². The monoisotopic (exact) mass is 106 g/mol. The zero-order chi connectivity index (χ0) is 2.00. The van der Waals surface area contributed by atoms with E-state index in [9.17, 15) is -0.211 Å². The molecular weight excluding hydrogens is 101 g/mol. The van der Waals surface area contributed by atoms with Gasteiger partial charge in [-0.15, -0.1) is 0 Å². The summed E-state index contributed by atoms with van der Waals surface area (Å²) in [5, 5.41) is 0. The van der Waals surface area contributed by atoms with Gasteiger partial charge in [-0.2, -0.15) is 0 Å². The quantitative estimate of drug-likeness (QED) is 0.321. The van der Waals surface area contributed by atoms with E-state index >= 15 is 0 Å². The van der Waals surface area contributed by atoms with Crippen molar-refractivity contribution in [1.29, 1.82) is 0 Å².